The first-order valence-corrected chi connectivity index (χ1v) is 3.62. The maximum Gasteiger partial charge on any atom is 0.209 e. The van der Waals surface area contributed by atoms with Crippen LogP contribution in [0, 0.1) is 5.41 Å². The van der Waals surface area contributed by atoms with Crippen molar-refractivity contribution in [1.82, 2.24) is 4.90 Å². The third kappa shape index (κ3) is 0.736. The normalized spacial score (nSPS) is 28.6. The Labute approximate surface area is 60.0 Å². The summed E-state index contributed by atoms with van der Waals surface area (Å²) in [4.78, 5) is 12.0. The molecular weight excluding hydrogens is 130 g/mol. The van der Waals surface area contributed by atoms with E-state index in [1.54, 1.807) is 4.90 Å². The fourth-order valence-electron chi connectivity index (χ4n) is 1.79. The Morgan fingerprint density at radius 1 is 1.50 bits per heavy atom. The lowest BCUT2D eigenvalue weighted by Crippen LogP contribution is -2.55. The average Bonchev–Trinajstić information content (AvgIpc) is 2.30. The molecule has 0 bridgehead atoms. The number of nitrogens with zero attached hydrogens (tertiary/aromatic N) is 1. The molecule has 0 N–H and O–H groups in total. The summed E-state index contributed by atoms with van der Waals surface area (Å²) in [6.07, 6.45) is 2.06. The van der Waals surface area contributed by atoms with Crippen molar-refractivity contribution in [3.63, 3.8) is 0 Å². The molecule has 2 rings (SSSR count). The average molecular weight is 141 g/mol. The van der Waals surface area contributed by atoms with E-state index in [1.165, 1.54) is 0 Å². The van der Waals surface area contributed by atoms with Gasteiger partial charge in [0.05, 0.1) is 6.61 Å². The van der Waals surface area contributed by atoms with Gasteiger partial charge in [-0.25, -0.2) is 0 Å². The lowest BCUT2D eigenvalue weighted by atomic mass is 9.80. The van der Waals surface area contributed by atoms with Gasteiger partial charge in [-0.05, 0) is 6.42 Å². The van der Waals surface area contributed by atoms with Gasteiger partial charge in [0, 0.05) is 25.1 Å². The highest BCUT2D eigenvalue weighted by atomic mass is 16.5. The topological polar surface area (TPSA) is 29.5 Å². The lowest BCUT2D eigenvalue weighted by molar-refractivity contribution is -0.129. The third-order valence-electron chi connectivity index (χ3n) is 2.41. The molecule has 2 aliphatic rings. The number of ether oxygens (including phenoxy) is 1. The molecule has 3 heteroatoms. The van der Waals surface area contributed by atoms with Crippen LogP contribution in [0.3, 0.4) is 0 Å². The SMILES string of the molecule is O=CN1CC2(CCOC2)C1. The highest BCUT2D eigenvalue weighted by Crippen LogP contribution is 2.36. The number of carbonyl (C=O) groups is 1. The van der Waals surface area contributed by atoms with Crippen molar-refractivity contribution >= 4 is 6.41 Å². The highest BCUT2D eigenvalue weighted by molar-refractivity contribution is 5.49. The van der Waals surface area contributed by atoms with Gasteiger partial charge in [0.25, 0.3) is 0 Å². The van der Waals surface area contributed by atoms with Crippen LogP contribution in [0.5, 0.6) is 0 Å². The van der Waals surface area contributed by atoms with Gasteiger partial charge in [0.15, 0.2) is 0 Å². The maximum atomic E-state index is 10.2. The molecule has 3 nitrogen and oxygen atoms in total. The van der Waals surface area contributed by atoms with Crippen LogP contribution in [-0.2, 0) is 9.53 Å². The summed E-state index contributed by atoms with van der Waals surface area (Å²) < 4.78 is 5.25. The second kappa shape index (κ2) is 1.95. The maximum absolute atomic E-state index is 10.2. The standard InChI is InChI=1S/C7H11NO2/c9-6-8-3-7(4-8)1-2-10-5-7/h6H,1-5H2. The van der Waals surface area contributed by atoms with Crippen molar-refractivity contribution in [3.05, 3.63) is 0 Å². The molecule has 0 unspecified atom stereocenters. The monoisotopic (exact) mass is 141 g/mol. The smallest absolute Gasteiger partial charge is 0.209 e. The number of amides is 1. The summed E-state index contributed by atoms with van der Waals surface area (Å²) >= 11 is 0. The van der Waals surface area contributed by atoms with E-state index < -0.39 is 0 Å². The Morgan fingerprint density at radius 3 is 2.80 bits per heavy atom. The van der Waals surface area contributed by atoms with Gasteiger partial charge < -0.3 is 9.64 Å². The van der Waals surface area contributed by atoms with E-state index in [4.69, 9.17) is 4.74 Å². The molecule has 2 fully saturated rings. The number of hydrogen-bond acceptors (Lipinski definition) is 2. The van der Waals surface area contributed by atoms with Gasteiger partial charge in [0.1, 0.15) is 0 Å². The highest BCUT2D eigenvalue weighted by Gasteiger charge is 2.45. The molecule has 0 atom stereocenters. The van der Waals surface area contributed by atoms with E-state index in [9.17, 15) is 4.79 Å². The van der Waals surface area contributed by atoms with E-state index in [0.29, 0.717) is 5.41 Å². The summed E-state index contributed by atoms with van der Waals surface area (Å²) in [6, 6.07) is 0. The first kappa shape index (κ1) is 6.16. The molecule has 0 aromatic carbocycles. The zero-order chi connectivity index (χ0) is 7.03. The summed E-state index contributed by atoms with van der Waals surface area (Å²) in [5, 5.41) is 0. The minimum atomic E-state index is 0.362. The molecule has 2 aliphatic heterocycles. The van der Waals surface area contributed by atoms with Gasteiger partial charge in [0.2, 0.25) is 6.41 Å². The number of rotatable bonds is 1. The van der Waals surface area contributed by atoms with Gasteiger partial charge in [-0.3, -0.25) is 4.79 Å². The van der Waals surface area contributed by atoms with Crippen molar-refractivity contribution in [2.24, 2.45) is 5.41 Å². The summed E-state index contributed by atoms with van der Waals surface area (Å²) in [7, 11) is 0. The van der Waals surface area contributed by atoms with Crippen molar-refractivity contribution < 1.29 is 9.53 Å². The zero-order valence-corrected chi connectivity index (χ0v) is 5.88. The van der Waals surface area contributed by atoms with Gasteiger partial charge in [-0.2, -0.15) is 0 Å². The van der Waals surface area contributed by atoms with Crippen LogP contribution in [-0.4, -0.2) is 37.6 Å². The van der Waals surface area contributed by atoms with Gasteiger partial charge in [-0.1, -0.05) is 0 Å². The van der Waals surface area contributed by atoms with Crippen LogP contribution in [0.1, 0.15) is 6.42 Å². The quantitative estimate of drug-likeness (QED) is 0.476. The molecular formula is C7H11NO2. The zero-order valence-electron chi connectivity index (χ0n) is 5.88. The van der Waals surface area contributed by atoms with E-state index in [1.807, 2.05) is 0 Å². The fourth-order valence-corrected chi connectivity index (χ4v) is 1.79. The summed E-state index contributed by atoms with van der Waals surface area (Å²) in [5.74, 6) is 0. The minimum Gasteiger partial charge on any atom is -0.381 e. The van der Waals surface area contributed by atoms with E-state index in [-0.39, 0.29) is 0 Å². The molecule has 1 spiro atoms. The Kier molecular flexibility index (Phi) is 1.20. The number of hydrogen-bond donors (Lipinski definition) is 0. The van der Waals surface area contributed by atoms with Crippen LogP contribution in [0.2, 0.25) is 0 Å². The molecule has 2 saturated heterocycles. The first-order valence-electron chi connectivity index (χ1n) is 3.62. The Balaban J connectivity index is 1.92. The van der Waals surface area contributed by atoms with Crippen LogP contribution in [0.15, 0.2) is 0 Å². The molecule has 56 valence electrons. The largest absolute Gasteiger partial charge is 0.381 e. The second-order valence-electron chi connectivity index (χ2n) is 3.31. The van der Waals surface area contributed by atoms with Crippen molar-refractivity contribution in [1.29, 1.82) is 0 Å². The van der Waals surface area contributed by atoms with Crippen molar-refractivity contribution in [2.45, 2.75) is 6.42 Å². The predicted octanol–water partition coefficient (Wildman–Crippen LogP) is -0.135. The second-order valence-corrected chi connectivity index (χ2v) is 3.31. The Hall–Kier alpha value is -0.570. The Bertz CT molecular complexity index is 144. The third-order valence-corrected chi connectivity index (χ3v) is 2.41. The summed E-state index contributed by atoms with van der Waals surface area (Å²) in [6.45, 7) is 3.57. The molecule has 0 aromatic rings. The molecule has 0 radical (unpaired) electrons. The summed E-state index contributed by atoms with van der Waals surface area (Å²) in [5.41, 5.74) is 0.362. The van der Waals surface area contributed by atoms with E-state index >= 15 is 0 Å². The number of likely N-dealkylation sites (tertiary alicyclic amines) is 1. The molecule has 0 aromatic heterocycles. The molecule has 0 saturated carbocycles. The lowest BCUT2D eigenvalue weighted by Gasteiger charge is -2.44. The first-order chi connectivity index (χ1) is 4.85. The predicted molar refractivity (Wildman–Crippen MR) is 35.5 cm³/mol. The van der Waals surface area contributed by atoms with Gasteiger partial charge >= 0.3 is 0 Å². The van der Waals surface area contributed by atoms with Crippen molar-refractivity contribution in [3.8, 4) is 0 Å². The Morgan fingerprint density at radius 2 is 2.30 bits per heavy atom. The van der Waals surface area contributed by atoms with Crippen LogP contribution >= 0.6 is 0 Å². The van der Waals surface area contributed by atoms with Crippen LogP contribution in [0.4, 0.5) is 0 Å². The van der Waals surface area contributed by atoms with Gasteiger partial charge in [-0.15, -0.1) is 0 Å². The fraction of sp³-hybridized carbons (Fsp3) is 0.857. The van der Waals surface area contributed by atoms with Crippen molar-refractivity contribution in [2.75, 3.05) is 26.3 Å². The molecule has 10 heavy (non-hydrogen) atoms. The molecule has 0 aliphatic carbocycles. The number of carbonyl (C=O) groups excluding carboxylic acids is 1. The molecule has 1 amide bonds. The van der Waals surface area contributed by atoms with E-state index in [2.05, 4.69) is 0 Å². The molecule has 2 heterocycles. The van der Waals surface area contributed by atoms with Crippen LogP contribution < -0.4 is 0 Å². The van der Waals surface area contributed by atoms with E-state index in [0.717, 1.165) is 39.1 Å². The van der Waals surface area contributed by atoms with Crippen LogP contribution in [0.25, 0.3) is 0 Å². The minimum absolute atomic E-state index is 0.362.